The number of hydrogen-bond acceptors (Lipinski definition) is 4. The van der Waals surface area contributed by atoms with Gasteiger partial charge < -0.3 is 15.1 Å². The van der Waals surface area contributed by atoms with Gasteiger partial charge in [-0.15, -0.1) is 0 Å². The first kappa shape index (κ1) is 28.1. The van der Waals surface area contributed by atoms with Crippen LogP contribution in [-0.4, -0.2) is 60.9 Å². The lowest BCUT2D eigenvalue weighted by Crippen LogP contribution is -2.51. The number of piperazine rings is 1. The number of amides is 2. The molecule has 1 heterocycles. The van der Waals surface area contributed by atoms with E-state index >= 15 is 4.39 Å². The molecular formula is C29H38FN5O2. The molecule has 2 aromatic carbocycles. The van der Waals surface area contributed by atoms with Gasteiger partial charge in [0, 0.05) is 50.9 Å². The summed E-state index contributed by atoms with van der Waals surface area (Å²) >= 11 is 0. The molecule has 1 N–H and O–H groups in total. The van der Waals surface area contributed by atoms with Crippen molar-refractivity contribution in [1.29, 1.82) is 0 Å². The van der Waals surface area contributed by atoms with Crippen LogP contribution in [0.25, 0.3) is 4.85 Å². The van der Waals surface area contributed by atoms with Crippen LogP contribution in [0.4, 0.5) is 21.5 Å². The van der Waals surface area contributed by atoms with Gasteiger partial charge in [-0.05, 0) is 44.4 Å². The highest BCUT2D eigenvalue weighted by molar-refractivity contribution is 5.94. The summed E-state index contributed by atoms with van der Waals surface area (Å²) in [6, 6.07) is 12.7. The lowest BCUT2D eigenvalue weighted by molar-refractivity contribution is -0.137. The first-order valence-corrected chi connectivity index (χ1v) is 13.2. The fourth-order valence-corrected chi connectivity index (χ4v) is 4.98. The molecule has 2 amide bonds. The third-order valence-electron chi connectivity index (χ3n) is 7.27. The minimum atomic E-state index is -0.701. The number of benzene rings is 2. The van der Waals surface area contributed by atoms with Crippen molar-refractivity contribution >= 4 is 28.9 Å². The Hall–Kier alpha value is -3.44. The summed E-state index contributed by atoms with van der Waals surface area (Å²) in [5, 5.41) is 2.67. The van der Waals surface area contributed by atoms with Crippen molar-refractivity contribution in [3.8, 4) is 0 Å². The smallest absolute Gasteiger partial charge is 0.246 e. The molecule has 0 aliphatic carbocycles. The Morgan fingerprint density at radius 2 is 1.62 bits per heavy atom. The van der Waals surface area contributed by atoms with Crippen LogP contribution in [0.2, 0.25) is 0 Å². The first-order chi connectivity index (χ1) is 17.9. The van der Waals surface area contributed by atoms with E-state index in [1.165, 1.54) is 0 Å². The molecule has 2 aromatic rings. The fraction of sp³-hybridized carbons (Fsp3) is 0.483. The maximum atomic E-state index is 15.3. The van der Waals surface area contributed by atoms with Crippen LogP contribution >= 0.6 is 0 Å². The van der Waals surface area contributed by atoms with Crippen molar-refractivity contribution in [1.82, 2.24) is 9.80 Å². The van der Waals surface area contributed by atoms with E-state index in [0.717, 1.165) is 5.56 Å². The average Bonchev–Trinajstić information content (AvgIpc) is 2.92. The molecule has 0 aromatic heterocycles. The summed E-state index contributed by atoms with van der Waals surface area (Å²) < 4.78 is 15.3. The first-order valence-electron chi connectivity index (χ1n) is 13.2. The Morgan fingerprint density at radius 3 is 2.16 bits per heavy atom. The van der Waals surface area contributed by atoms with Gasteiger partial charge in [0.15, 0.2) is 5.82 Å². The van der Waals surface area contributed by atoms with E-state index in [0.29, 0.717) is 57.8 Å². The Bertz CT molecular complexity index is 1100. The molecule has 0 spiro atoms. The van der Waals surface area contributed by atoms with Gasteiger partial charge in [-0.25, -0.2) is 9.24 Å². The number of nitrogens with one attached hydrogen (secondary N) is 1. The monoisotopic (exact) mass is 507 g/mol. The lowest BCUT2D eigenvalue weighted by atomic mass is 10.0. The Morgan fingerprint density at radius 1 is 1.00 bits per heavy atom. The number of nitrogens with zero attached hydrogens (tertiary/aromatic N) is 4. The normalized spacial score (nSPS) is 14.8. The van der Waals surface area contributed by atoms with Gasteiger partial charge in [-0.1, -0.05) is 44.2 Å². The summed E-state index contributed by atoms with van der Waals surface area (Å²) in [6.07, 6.45) is 1.34. The molecule has 198 valence electrons. The quantitative estimate of drug-likeness (QED) is 0.433. The van der Waals surface area contributed by atoms with Crippen molar-refractivity contribution in [2.75, 3.05) is 49.5 Å². The van der Waals surface area contributed by atoms with Crippen molar-refractivity contribution < 1.29 is 14.0 Å². The number of carbonyl (C=O) groups is 2. The van der Waals surface area contributed by atoms with Gasteiger partial charge in [0.1, 0.15) is 6.04 Å². The fourth-order valence-electron chi connectivity index (χ4n) is 4.98. The molecule has 7 nitrogen and oxygen atoms in total. The van der Waals surface area contributed by atoms with Crippen LogP contribution in [0.15, 0.2) is 42.5 Å². The van der Waals surface area contributed by atoms with Crippen molar-refractivity contribution in [2.24, 2.45) is 5.92 Å². The average molecular weight is 508 g/mol. The second-order valence-electron chi connectivity index (χ2n) is 9.26. The highest BCUT2D eigenvalue weighted by Crippen LogP contribution is 2.37. The standard InChI is InChI=1S/C29H38FN5O2/c1-6-21(7-2)28(36)32-23-15-16-24(26(31-5)25(23)30)34-17-19-35(20-18-34)27(22-13-11-10-12-14-22)29(37)33(8-3)9-4/h10-16,21,27H,6-9,17-20H2,1-4H3,(H,32,36). The van der Waals surface area contributed by atoms with Gasteiger partial charge in [0.05, 0.1) is 12.3 Å². The van der Waals surface area contributed by atoms with E-state index in [9.17, 15) is 9.59 Å². The topological polar surface area (TPSA) is 60.2 Å². The maximum absolute atomic E-state index is 15.3. The molecule has 1 fully saturated rings. The van der Waals surface area contributed by atoms with Gasteiger partial charge in [0.25, 0.3) is 0 Å². The molecule has 3 rings (SSSR count). The minimum Gasteiger partial charge on any atom is -0.378 e. The number of rotatable bonds is 10. The highest BCUT2D eigenvalue weighted by atomic mass is 19.1. The Kier molecular flexibility index (Phi) is 10.0. The molecule has 1 aliphatic heterocycles. The lowest BCUT2D eigenvalue weighted by Gasteiger charge is -2.41. The highest BCUT2D eigenvalue weighted by Gasteiger charge is 2.33. The molecule has 1 atom stereocenters. The summed E-state index contributed by atoms with van der Waals surface area (Å²) in [5.74, 6) is -1.05. The Balaban J connectivity index is 1.80. The second kappa shape index (κ2) is 13.2. The summed E-state index contributed by atoms with van der Waals surface area (Å²) in [6.45, 7) is 19.0. The molecule has 0 bridgehead atoms. The number of anilines is 2. The van der Waals surface area contributed by atoms with E-state index in [1.54, 1.807) is 12.1 Å². The molecule has 1 saturated heterocycles. The van der Waals surface area contributed by atoms with Crippen LogP contribution < -0.4 is 10.2 Å². The predicted molar refractivity (Wildman–Crippen MR) is 146 cm³/mol. The van der Waals surface area contributed by atoms with Gasteiger partial charge in [-0.2, -0.15) is 0 Å². The van der Waals surface area contributed by atoms with Crippen molar-refractivity contribution in [3.63, 3.8) is 0 Å². The van der Waals surface area contributed by atoms with E-state index in [4.69, 9.17) is 6.57 Å². The zero-order valence-electron chi connectivity index (χ0n) is 22.3. The summed E-state index contributed by atoms with van der Waals surface area (Å²) in [5.41, 5.74) is 1.42. The van der Waals surface area contributed by atoms with Crippen LogP contribution in [0, 0.1) is 18.3 Å². The van der Waals surface area contributed by atoms with Gasteiger partial charge in [0.2, 0.25) is 17.5 Å². The van der Waals surface area contributed by atoms with Gasteiger partial charge in [-0.3, -0.25) is 14.5 Å². The zero-order valence-corrected chi connectivity index (χ0v) is 22.3. The van der Waals surface area contributed by atoms with Gasteiger partial charge >= 0.3 is 0 Å². The number of likely N-dealkylation sites (N-methyl/N-ethyl adjacent to an activating group) is 1. The predicted octanol–water partition coefficient (Wildman–Crippen LogP) is 5.48. The molecule has 37 heavy (non-hydrogen) atoms. The molecular weight excluding hydrogens is 469 g/mol. The Labute approximate surface area is 220 Å². The summed E-state index contributed by atoms with van der Waals surface area (Å²) in [4.78, 5) is 35.4. The van der Waals surface area contributed by atoms with Crippen LogP contribution in [0.1, 0.15) is 52.1 Å². The molecule has 0 radical (unpaired) electrons. The third-order valence-corrected chi connectivity index (χ3v) is 7.27. The zero-order chi connectivity index (χ0) is 26.9. The molecule has 1 aliphatic rings. The number of carbonyl (C=O) groups excluding carboxylic acids is 2. The van der Waals surface area contributed by atoms with E-state index in [2.05, 4.69) is 15.1 Å². The maximum Gasteiger partial charge on any atom is 0.246 e. The minimum absolute atomic E-state index is 0.0410. The second-order valence-corrected chi connectivity index (χ2v) is 9.26. The van der Waals surface area contributed by atoms with Crippen molar-refractivity contribution in [2.45, 2.75) is 46.6 Å². The number of hydrogen-bond donors (Lipinski definition) is 1. The molecule has 8 heteroatoms. The molecule has 0 saturated carbocycles. The summed E-state index contributed by atoms with van der Waals surface area (Å²) in [7, 11) is 0. The van der Waals surface area contributed by atoms with Crippen molar-refractivity contribution in [3.05, 3.63) is 65.3 Å². The van der Waals surface area contributed by atoms with E-state index in [-0.39, 0.29) is 35.1 Å². The SMILES string of the molecule is [C-]#[N+]c1c(N2CCN(C(C(=O)N(CC)CC)c3ccccc3)CC2)ccc(NC(=O)C(CC)CC)c1F. The number of halogens is 1. The largest absolute Gasteiger partial charge is 0.378 e. The van der Waals surface area contributed by atoms with E-state index < -0.39 is 5.82 Å². The van der Waals surface area contributed by atoms with Crippen LogP contribution in [0.5, 0.6) is 0 Å². The van der Waals surface area contributed by atoms with Crippen LogP contribution in [-0.2, 0) is 9.59 Å². The molecule has 1 unspecified atom stereocenters. The van der Waals surface area contributed by atoms with Crippen LogP contribution in [0.3, 0.4) is 0 Å². The third kappa shape index (κ3) is 6.28. The van der Waals surface area contributed by atoms with E-state index in [1.807, 2.05) is 67.8 Å².